The molecule has 12 amide bonds. The van der Waals surface area contributed by atoms with E-state index in [9.17, 15) is 122 Å². The fourth-order valence-corrected chi connectivity index (χ4v) is 11.6. The van der Waals surface area contributed by atoms with Gasteiger partial charge in [-0.2, -0.15) is 9.59 Å². The largest absolute Gasteiger partial charge is 0.481 e. The van der Waals surface area contributed by atoms with E-state index in [0.29, 0.717) is 109 Å². The van der Waals surface area contributed by atoms with Crippen LogP contribution in [0.3, 0.4) is 0 Å². The van der Waals surface area contributed by atoms with Crippen molar-refractivity contribution in [3.05, 3.63) is 35.4 Å². The summed E-state index contributed by atoms with van der Waals surface area (Å²) in [7, 11) is 0. The Hall–Kier alpha value is -10.3. The number of imide groups is 1. The molecule has 1 aliphatic rings. The minimum absolute atomic E-state index is 0.00351. The normalized spacial score (nSPS) is 13.3. The molecule has 0 spiro atoms. The third-order valence-electron chi connectivity index (χ3n) is 16.4. The first kappa shape index (κ1) is 95.7. The van der Waals surface area contributed by atoms with E-state index in [4.69, 9.17) is 14.7 Å². The number of nitrogens with one attached hydrogen (secondary N) is 7. The molecule has 1 heterocycles. The summed E-state index contributed by atoms with van der Waals surface area (Å²) >= 11 is 0.695. The van der Waals surface area contributed by atoms with Crippen LogP contribution >= 0.6 is 11.8 Å². The van der Waals surface area contributed by atoms with E-state index < -0.39 is 156 Å². The van der Waals surface area contributed by atoms with Crippen molar-refractivity contribution >= 4 is 124 Å². The van der Waals surface area contributed by atoms with Gasteiger partial charge in [-0.3, -0.25) is 87.6 Å². The van der Waals surface area contributed by atoms with E-state index >= 15 is 0 Å². The Morgan fingerprint density at radius 2 is 1.01 bits per heavy atom. The number of carbonyl (C=O) groups excluding carboxylic acids is 15. The predicted octanol–water partition coefficient (Wildman–Crippen LogP) is 1.62. The van der Waals surface area contributed by atoms with E-state index in [1.54, 1.807) is 12.1 Å². The number of carboxylic acids is 5. The van der Waals surface area contributed by atoms with Crippen molar-refractivity contribution in [1.82, 2.24) is 57.3 Å². The first-order valence-corrected chi connectivity index (χ1v) is 36.3. The zero-order chi connectivity index (χ0) is 81.1. The minimum atomic E-state index is -1.80. The number of benzene rings is 1. The zero-order valence-electron chi connectivity index (χ0n) is 60.3. The van der Waals surface area contributed by atoms with Gasteiger partial charge in [-0.1, -0.05) is 49.9 Å². The highest BCUT2D eigenvalue weighted by atomic mass is 32.2. The Morgan fingerprint density at radius 3 is 1.57 bits per heavy atom. The summed E-state index contributed by atoms with van der Waals surface area (Å²) in [5.41, 5.74) is 0.962. The van der Waals surface area contributed by atoms with E-state index in [-0.39, 0.29) is 141 Å². The molecule has 1 aliphatic heterocycles. The molecule has 1 unspecified atom stereocenters. The zero-order valence-corrected chi connectivity index (χ0v) is 61.1. The van der Waals surface area contributed by atoms with Gasteiger partial charge in [0.25, 0.3) is 0 Å². The number of ketones is 3. The molecule has 1 fully saturated rings. The molecule has 0 aliphatic carbocycles. The van der Waals surface area contributed by atoms with E-state index in [1.165, 1.54) is 19.1 Å². The number of hydrogen-bond acceptors (Lipinski definition) is 24. The van der Waals surface area contributed by atoms with Gasteiger partial charge in [-0.25, -0.2) is 34.4 Å². The maximum absolute atomic E-state index is 13.5. The lowest BCUT2D eigenvalue weighted by Gasteiger charge is -2.22. The van der Waals surface area contributed by atoms with Crippen LogP contribution in [0.25, 0.3) is 0 Å². The second-order valence-electron chi connectivity index (χ2n) is 25.2. The van der Waals surface area contributed by atoms with Crippen LogP contribution in [0, 0.1) is 5.92 Å². The number of carboxylic acid groups (broad SMARTS) is 5. The number of amides is 12. The molecule has 0 bridgehead atoms. The Kier molecular flexibility index (Phi) is 48.9. The lowest BCUT2D eigenvalue weighted by Crippen LogP contribution is -2.48. The number of carbonyl (C=O) groups is 18. The van der Waals surface area contributed by atoms with Gasteiger partial charge < -0.3 is 62.8 Å². The number of urea groups is 2. The quantitative estimate of drug-likeness (QED) is 0.0191. The summed E-state index contributed by atoms with van der Waals surface area (Å²) in [6.07, 6.45) is 2.78. The molecular formula is C68H101N11O28S. The fourth-order valence-electron chi connectivity index (χ4n) is 10.4. The predicted molar refractivity (Wildman–Crippen MR) is 373 cm³/mol. The second-order valence-corrected chi connectivity index (χ2v) is 26.4. The Morgan fingerprint density at radius 1 is 0.500 bits per heavy atom. The maximum Gasteiger partial charge on any atom is 0.373 e. The van der Waals surface area contributed by atoms with E-state index in [2.05, 4.69) is 37.2 Å². The minimum Gasteiger partial charge on any atom is -0.481 e. The molecule has 108 heavy (non-hydrogen) atoms. The van der Waals surface area contributed by atoms with Crippen LogP contribution in [-0.4, -0.2) is 249 Å². The van der Waals surface area contributed by atoms with E-state index in [1.807, 2.05) is 0 Å². The van der Waals surface area contributed by atoms with Crippen LogP contribution in [0.2, 0.25) is 0 Å². The lowest BCUT2D eigenvalue weighted by atomic mass is 9.93. The van der Waals surface area contributed by atoms with Gasteiger partial charge in [0, 0.05) is 129 Å². The molecule has 0 aromatic heterocycles. The number of rotatable bonds is 58. The number of aliphatic carboxylic acids is 5. The first-order valence-electron chi connectivity index (χ1n) is 35.3. The summed E-state index contributed by atoms with van der Waals surface area (Å²) in [5, 5.41) is 94.6. The number of unbranched alkanes of at least 4 members (excludes halogenated alkanes) is 9. The number of hydrogen-bond donors (Lipinski definition) is 15. The monoisotopic (exact) mass is 1550 g/mol. The molecule has 1 saturated heterocycles. The molecule has 0 radical (unpaired) electrons. The summed E-state index contributed by atoms with van der Waals surface area (Å²) in [6.45, 7) is 1.70. The van der Waals surface area contributed by atoms with E-state index in [0.717, 1.165) is 17.7 Å². The molecular weight excluding hydrogens is 1450 g/mol. The van der Waals surface area contributed by atoms with Crippen molar-refractivity contribution in [1.29, 1.82) is 0 Å². The third-order valence-corrected chi connectivity index (χ3v) is 17.7. The lowest BCUT2D eigenvalue weighted by molar-refractivity contribution is -0.192. The van der Waals surface area contributed by atoms with Crippen molar-refractivity contribution in [2.24, 2.45) is 5.92 Å². The Bertz CT molecular complexity index is 3230. The van der Waals surface area contributed by atoms with Crippen molar-refractivity contribution < 1.29 is 137 Å². The third kappa shape index (κ3) is 44.6. The number of likely N-dealkylation sites (tertiary alicyclic amines) is 1. The van der Waals surface area contributed by atoms with Gasteiger partial charge in [0.05, 0.1) is 36.5 Å². The molecule has 40 heteroatoms. The van der Waals surface area contributed by atoms with Gasteiger partial charge in [-0.15, -0.1) is 11.8 Å². The second kappa shape index (κ2) is 55.2. The molecule has 602 valence electrons. The highest BCUT2D eigenvalue weighted by Crippen LogP contribution is 2.27. The molecule has 0 saturated carbocycles. The molecule has 2 rings (SSSR count). The van der Waals surface area contributed by atoms with Crippen LogP contribution in [0.15, 0.2) is 24.3 Å². The summed E-state index contributed by atoms with van der Waals surface area (Å²) in [4.78, 5) is 239. The van der Waals surface area contributed by atoms with Crippen molar-refractivity contribution in [3.63, 3.8) is 0 Å². The van der Waals surface area contributed by atoms with Crippen LogP contribution in [-0.2, 0) is 99.3 Å². The maximum atomic E-state index is 13.5. The van der Waals surface area contributed by atoms with Crippen LogP contribution in [0.1, 0.15) is 191 Å². The summed E-state index contributed by atoms with van der Waals surface area (Å²) in [5.74, 6) is -16.4. The number of Topliss-reactive ketones (excluding diaryl/α,β-unsaturated/α-hetero) is 3. The molecule has 39 nitrogen and oxygen atoms in total. The van der Waals surface area contributed by atoms with Crippen molar-refractivity contribution in [2.75, 3.05) is 51.6 Å². The van der Waals surface area contributed by atoms with Crippen LogP contribution in [0.5, 0.6) is 0 Å². The Balaban J connectivity index is 0.0000191. The molecule has 5 atom stereocenters. The average Bonchev–Trinajstić information content (AvgIpc) is 1.66. The van der Waals surface area contributed by atoms with Gasteiger partial charge in [0.1, 0.15) is 23.7 Å². The van der Waals surface area contributed by atoms with Crippen molar-refractivity contribution in [2.45, 2.75) is 217 Å². The topological polar surface area (TPSA) is 600 Å². The fraction of sp³-hybridized carbons (Fsp3) is 0.632. The van der Waals surface area contributed by atoms with Gasteiger partial charge in [-0.05, 0) is 81.8 Å². The smallest absolute Gasteiger partial charge is 0.373 e. The number of nitrogens with zero attached hydrogens (tertiary/aromatic N) is 4. The molecule has 1 aromatic rings. The number of hydroxylamine groups is 6. The summed E-state index contributed by atoms with van der Waals surface area (Å²) < 4.78 is 0. The molecule has 15 N–H and O–H groups in total. The number of thioether (sulfide) groups is 1. The standard InChI is InChI=1S/C67H101N11O26S.CO2/c1-43(79)76(102)32-12-4-2-7-16-47(80)24-26-56(85)77(103)34-14-6-10-29-68-54(83)25-27-57(86)78(104)33-13-5-3-8-17-48(81)28-35-75-58(87)40-53(63(75)95)105-42-51(65(98)99)73-62(94)46(38-60(90)91)37-52(82)50(39-61(92)93)72-55(84)36-44-20-22-45(23-21-44)41-71-66(100)69-30-11-9-18-49(64(96)97)74-67(101)70-31-15-19-59(88)89;2-1-3/h20-23,46,49-51,53,102-104H,2-19,24-42H2,1H3,(H,68,83)(H,72,84)(H,73,94)(H,88,89)(H,90,91)(H,92,93)(H,96,97)(H,98,99)(H2,69,71,100)(H2,70,74,101);/t46-,49-,50-,51-,53?;/m0./s1. The SMILES string of the molecule is CC(=O)N(O)CCCCCCC(=O)CCC(=O)N(O)CCCCCNC(=O)CCC(=O)N(O)CCCCCCC(=O)CCN1C(=O)CC(SC[C@H](NC(=O)[C@H](CC(=O)O)CC(=O)[C@H](CC(=O)O)NC(=O)Cc2ccc(CNC(=O)NCCCC[C@H](NC(=O)NCCCC(=O)O)C(=O)O)cc2)C(=O)O)C1=O.O=C=O. The van der Waals surface area contributed by atoms with Crippen LogP contribution < -0.4 is 37.2 Å². The van der Waals surface area contributed by atoms with Gasteiger partial charge in [0.15, 0.2) is 5.78 Å². The van der Waals surface area contributed by atoms with Crippen LogP contribution in [0.4, 0.5) is 9.59 Å². The van der Waals surface area contributed by atoms with Gasteiger partial charge >= 0.3 is 48.1 Å². The Labute approximate surface area is 626 Å². The molecule has 1 aromatic carbocycles. The average molecular weight is 1550 g/mol. The van der Waals surface area contributed by atoms with Crippen molar-refractivity contribution in [3.8, 4) is 0 Å². The van der Waals surface area contributed by atoms with Gasteiger partial charge in [0.2, 0.25) is 47.3 Å². The summed E-state index contributed by atoms with van der Waals surface area (Å²) in [6, 6.07) is 0.0345. The first-order chi connectivity index (χ1) is 51.2. The highest BCUT2D eigenvalue weighted by Gasteiger charge is 2.40. The highest BCUT2D eigenvalue weighted by molar-refractivity contribution is 8.00.